The second kappa shape index (κ2) is 7.81. The van der Waals surface area contributed by atoms with E-state index < -0.39 is 23.2 Å². The van der Waals surface area contributed by atoms with Crippen LogP contribution in [0.25, 0.3) is 0 Å². The zero-order valence-corrected chi connectivity index (χ0v) is 13.8. The number of benzene rings is 1. The molecule has 1 rings (SSSR count). The molecule has 1 atom stereocenters. The fourth-order valence-electron chi connectivity index (χ4n) is 2.42. The Morgan fingerprint density at radius 3 is 2.30 bits per heavy atom. The quantitative estimate of drug-likeness (QED) is 0.798. The van der Waals surface area contributed by atoms with Gasteiger partial charge in [0.15, 0.2) is 0 Å². The van der Waals surface area contributed by atoms with Crippen molar-refractivity contribution in [2.24, 2.45) is 5.73 Å². The minimum absolute atomic E-state index is 0.00337. The van der Waals surface area contributed by atoms with Crippen LogP contribution in [-0.2, 0) is 11.0 Å². The summed E-state index contributed by atoms with van der Waals surface area (Å²) in [5, 5.41) is 2.74. The minimum Gasteiger partial charge on any atom is -0.354 e. The summed E-state index contributed by atoms with van der Waals surface area (Å²) in [7, 11) is 0. The number of hydrogen-bond acceptors (Lipinski definition) is 2. The van der Waals surface area contributed by atoms with Crippen LogP contribution in [-0.4, -0.2) is 18.0 Å². The summed E-state index contributed by atoms with van der Waals surface area (Å²) in [4.78, 5) is 12.0. The van der Waals surface area contributed by atoms with Gasteiger partial charge in [0, 0.05) is 18.5 Å². The number of carbonyl (C=O) groups is 1. The van der Waals surface area contributed by atoms with Crippen molar-refractivity contribution in [2.75, 3.05) is 6.54 Å². The molecule has 6 heteroatoms. The average molecular weight is 330 g/mol. The van der Waals surface area contributed by atoms with Crippen molar-refractivity contribution in [1.29, 1.82) is 0 Å². The SMILES string of the molecule is CCC(N)(CC)CNC(=O)CC(C)c1ccccc1C(F)(F)F. The van der Waals surface area contributed by atoms with Crippen molar-refractivity contribution >= 4 is 5.91 Å². The van der Waals surface area contributed by atoms with Gasteiger partial charge in [0.2, 0.25) is 5.91 Å². The molecule has 0 spiro atoms. The first-order valence-electron chi connectivity index (χ1n) is 7.84. The summed E-state index contributed by atoms with van der Waals surface area (Å²) in [6.45, 7) is 5.83. The van der Waals surface area contributed by atoms with Gasteiger partial charge in [-0.05, 0) is 30.4 Å². The Labute approximate surface area is 135 Å². The Morgan fingerprint density at radius 1 is 1.22 bits per heavy atom. The monoisotopic (exact) mass is 330 g/mol. The molecule has 1 unspecified atom stereocenters. The maximum absolute atomic E-state index is 13.0. The highest BCUT2D eigenvalue weighted by molar-refractivity contribution is 5.77. The second-order valence-corrected chi connectivity index (χ2v) is 6.04. The molecular weight excluding hydrogens is 305 g/mol. The minimum atomic E-state index is -4.42. The number of nitrogens with one attached hydrogen (secondary N) is 1. The number of alkyl halides is 3. The first-order chi connectivity index (χ1) is 10.6. The van der Waals surface area contributed by atoms with E-state index in [0.717, 1.165) is 18.9 Å². The predicted octanol–water partition coefficient (Wildman–Crippen LogP) is 3.83. The van der Waals surface area contributed by atoms with Crippen LogP contribution in [0, 0.1) is 0 Å². The van der Waals surface area contributed by atoms with Crippen LogP contribution in [0.1, 0.15) is 57.1 Å². The summed E-state index contributed by atoms with van der Waals surface area (Å²) < 4.78 is 39.1. The molecule has 1 aromatic rings. The van der Waals surface area contributed by atoms with E-state index in [9.17, 15) is 18.0 Å². The molecule has 1 aromatic carbocycles. The largest absolute Gasteiger partial charge is 0.416 e. The van der Waals surface area contributed by atoms with Crippen molar-refractivity contribution in [1.82, 2.24) is 5.32 Å². The smallest absolute Gasteiger partial charge is 0.354 e. The van der Waals surface area contributed by atoms with Crippen LogP contribution in [0.3, 0.4) is 0 Å². The fraction of sp³-hybridized carbons (Fsp3) is 0.588. The molecule has 0 aliphatic rings. The van der Waals surface area contributed by atoms with Crippen molar-refractivity contribution in [3.05, 3.63) is 35.4 Å². The molecule has 0 aliphatic carbocycles. The van der Waals surface area contributed by atoms with E-state index >= 15 is 0 Å². The van der Waals surface area contributed by atoms with E-state index in [0.29, 0.717) is 6.54 Å². The molecule has 0 bridgehead atoms. The van der Waals surface area contributed by atoms with Crippen molar-refractivity contribution in [3.8, 4) is 0 Å². The molecule has 23 heavy (non-hydrogen) atoms. The zero-order valence-electron chi connectivity index (χ0n) is 13.8. The molecule has 1 amide bonds. The highest BCUT2D eigenvalue weighted by atomic mass is 19.4. The molecule has 0 aliphatic heterocycles. The molecule has 0 radical (unpaired) electrons. The van der Waals surface area contributed by atoms with Crippen LogP contribution in [0.15, 0.2) is 24.3 Å². The molecule has 0 saturated heterocycles. The molecular formula is C17H25F3N2O. The highest BCUT2D eigenvalue weighted by Crippen LogP contribution is 2.35. The van der Waals surface area contributed by atoms with Crippen LogP contribution >= 0.6 is 0 Å². The summed E-state index contributed by atoms with van der Waals surface area (Å²) in [6.07, 6.45) is -2.98. The first-order valence-corrected chi connectivity index (χ1v) is 7.84. The van der Waals surface area contributed by atoms with Gasteiger partial charge in [0.25, 0.3) is 0 Å². The van der Waals surface area contributed by atoms with Crippen LogP contribution in [0.5, 0.6) is 0 Å². The number of amides is 1. The van der Waals surface area contributed by atoms with E-state index in [1.165, 1.54) is 12.1 Å². The number of halogens is 3. The van der Waals surface area contributed by atoms with E-state index in [2.05, 4.69) is 5.32 Å². The van der Waals surface area contributed by atoms with E-state index in [-0.39, 0.29) is 17.9 Å². The summed E-state index contributed by atoms with van der Waals surface area (Å²) >= 11 is 0. The predicted molar refractivity (Wildman–Crippen MR) is 85.0 cm³/mol. The Balaban J connectivity index is 2.74. The second-order valence-electron chi connectivity index (χ2n) is 6.04. The van der Waals surface area contributed by atoms with Crippen LogP contribution < -0.4 is 11.1 Å². The number of hydrogen-bond donors (Lipinski definition) is 2. The van der Waals surface area contributed by atoms with Gasteiger partial charge in [0.1, 0.15) is 0 Å². The average Bonchev–Trinajstić information content (AvgIpc) is 2.51. The number of carbonyl (C=O) groups excluding carboxylic acids is 1. The van der Waals surface area contributed by atoms with Gasteiger partial charge in [-0.2, -0.15) is 13.2 Å². The van der Waals surface area contributed by atoms with Gasteiger partial charge in [-0.25, -0.2) is 0 Å². The van der Waals surface area contributed by atoms with Gasteiger partial charge < -0.3 is 11.1 Å². The lowest BCUT2D eigenvalue weighted by Gasteiger charge is -2.27. The standard InChI is InChI=1S/C17H25F3N2O/c1-4-16(21,5-2)11-22-15(23)10-12(3)13-8-6-7-9-14(13)17(18,19)20/h6-9,12H,4-5,10-11,21H2,1-3H3,(H,22,23). The Morgan fingerprint density at radius 2 is 1.78 bits per heavy atom. The number of rotatable bonds is 7. The van der Waals surface area contributed by atoms with Gasteiger partial charge >= 0.3 is 6.18 Å². The van der Waals surface area contributed by atoms with Crippen molar-refractivity contribution < 1.29 is 18.0 Å². The Kier molecular flexibility index (Phi) is 6.62. The maximum atomic E-state index is 13.0. The Hall–Kier alpha value is -1.56. The first kappa shape index (κ1) is 19.5. The molecule has 0 saturated carbocycles. The van der Waals surface area contributed by atoms with Gasteiger partial charge in [0.05, 0.1) is 5.56 Å². The molecule has 0 heterocycles. The lowest BCUT2D eigenvalue weighted by Crippen LogP contribution is -2.49. The zero-order chi connectivity index (χ0) is 17.7. The molecule has 0 aromatic heterocycles. The van der Waals surface area contributed by atoms with E-state index in [1.807, 2.05) is 13.8 Å². The summed E-state index contributed by atoms with van der Waals surface area (Å²) in [5.74, 6) is -0.811. The van der Waals surface area contributed by atoms with Crippen molar-refractivity contribution in [2.45, 2.75) is 57.7 Å². The van der Waals surface area contributed by atoms with Crippen LogP contribution in [0.2, 0.25) is 0 Å². The third-order valence-electron chi connectivity index (χ3n) is 4.33. The molecule has 130 valence electrons. The molecule has 3 N–H and O–H groups in total. The van der Waals surface area contributed by atoms with Gasteiger partial charge in [-0.3, -0.25) is 4.79 Å². The highest BCUT2D eigenvalue weighted by Gasteiger charge is 2.34. The third kappa shape index (κ3) is 5.53. The topological polar surface area (TPSA) is 55.1 Å². The lowest BCUT2D eigenvalue weighted by atomic mass is 9.91. The summed E-state index contributed by atoms with van der Waals surface area (Å²) in [5.41, 5.74) is 5.09. The lowest BCUT2D eigenvalue weighted by molar-refractivity contribution is -0.138. The fourth-order valence-corrected chi connectivity index (χ4v) is 2.42. The van der Waals surface area contributed by atoms with E-state index in [1.54, 1.807) is 13.0 Å². The van der Waals surface area contributed by atoms with Gasteiger partial charge in [-0.1, -0.05) is 39.0 Å². The normalized spacial score (nSPS) is 13.7. The van der Waals surface area contributed by atoms with Gasteiger partial charge in [-0.15, -0.1) is 0 Å². The molecule has 3 nitrogen and oxygen atoms in total. The maximum Gasteiger partial charge on any atom is 0.416 e. The van der Waals surface area contributed by atoms with Crippen LogP contribution in [0.4, 0.5) is 13.2 Å². The third-order valence-corrected chi connectivity index (χ3v) is 4.33. The molecule has 0 fully saturated rings. The number of nitrogens with two attached hydrogens (primary N) is 1. The summed E-state index contributed by atoms with van der Waals surface area (Å²) in [6, 6.07) is 5.37. The Bertz CT molecular complexity index is 525. The van der Waals surface area contributed by atoms with E-state index in [4.69, 9.17) is 5.73 Å². The van der Waals surface area contributed by atoms with Crippen molar-refractivity contribution in [3.63, 3.8) is 0 Å².